The number of nitrogens with zero attached hydrogens (tertiary/aromatic N) is 1. The molecule has 2 unspecified atom stereocenters. The molecule has 2 nitrogen and oxygen atoms in total. The summed E-state index contributed by atoms with van der Waals surface area (Å²) in [5.74, 6) is 1.02. The van der Waals surface area contributed by atoms with Crippen LogP contribution in [0.5, 0.6) is 0 Å². The van der Waals surface area contributed by atoms with E-state index in [9.17, 15) is 4.79 Å². The first-order chi connectivity index (χ1) is 8.09. The number of likely N-dealkylation sites (N-methyl/N-ethyl adjacent to an activating group) is 1. The summed E-state index contributed by atoms with van der Waals surface area (Å²) in [7, 11) is 1.83. The molecule has 2 atom stereocenters. The number of hydrogen-bond acceptors (Lipinski definition) is 2. The summed E-state index contributed by atoms with van der Waals surface area (Å²) in [6.07, 6.45) is 0. The molecule has 0 N–H and O–H groups in total. The van der Waals surface area contributed by atoms with E-state index >= 15 is 0 Å². The van der Waals surface area contributed by atoms with Crippen molar-refractivity contribution in [3.63, 3.8) is 0 Å². The van der Waals surface area contributed by atoms with Gasteiger partial charge < -0.3 is 4.90 Å². The van der Waals surface area contributed by atoms with Gasteiger partial charge in [0.1, 0.15) is 0 Å². The fourth-order valence-corrected chi connectivity index (χ4v) is 3.53. The Balaban J connectivity index is 2.12. The highest BCUT2D eigenvalue weighted by Gasteiger charge is 2.31. The standard InChI is InChI=1S/C13H16ClNOS/c1-9(14)7-15(2)13(16)11-8-17-12-6-4-3-5-10(11)12/h3-6,9,11H,7-8H2,1-2H3. The topological polar surface area (TPSA) is 20.3 Å². The molecular weight excluding hydrogens is 254 g/mol. The van der Waals surface area contributed by atoms with Crippen molar-refractivity contribution in [3.8, 4) is 0 Å². The minimum Gasteiger partial charge on any atom is -0.344 e. The molecule has 0 bridgehead atoms. The van der Waals surface area contributed by atoms with Gasteiger partial charge in [-0.1, -0.05) is 18.2 Å². The molecule has 17 heavy (non-hydrogen) atoms. The van der Waals surface area contributed by atoms with Gasteiger partial charge in [-0.05, 0) is 18.6 Å². The molecule has 0 aromatic heterocycles. The molecule has 2 rings (SSSR count). The summed E-state index contributed by atoms with van der Waals surface area (Å²) in [5, 5.41) is -0.00625. The van der Waals surface area contributed by atoms with Crippen molar-refractivity contribution in [2.24, 2.45) is 0 Å². The van der Waals surface area contributed by atoms with Gasteiger partial charge in [-0.2, -0.15) is 0 Å². The molecule has 0 saturated heterocycles. The monoisotopic (exact) mass is 269 g/mol. The summed E-state index contributed by atoms with van der Waals surface area (Å²) in [5.41, 5.74) is 1.16. The van der Waals surface area contributed by atoms with Crippen LogP contribution in [0.25, 0.3) is 0 Å². The average Bonchev–Trinajstić information content (AvgIpc) is 2.70. The molecule has 0 spiro atoms. The summed E-state index contributed by atoms with van der Waals surface area (Å²) in [6.45, 7) is 2.51. The quantitative estimate of drug-likeness (QED) is 0.787. The van der Waals surface area contributed by atoms with E-state index in [0.717, 1.165) is 11.3 Å². The number of carbonyl (C=O) groups excluding carboxylic acids is 1. The van der Waals surface area contributed by atoms with Crippen LogP contribution in [0, 0.1) is 0 Å². The second-order valence-electron chi connectivity index (χ2n) is 4.40. The number of alkyl halides is 1. The zero-order valence-corrected chi connectivity index (χ0v) is 11.6. The van der Waals surface area contributed by atoms with Crippen molar-refractivity contribution in [2.75, 3.05) is 19.3 Å². The van der Waals surface area contributed by atoms with Crippen molar-refractivity contribution >= 4 is 29.3 Å². The van der Waals surface area contributed by atoms with Gasteiger partial charge in [-0.25, -0.2) is 0 Å². The molecule has 1 amide bonds. The van der Waals surface area contributed by atoms with Gasteiger partial charge in [0.25, 0.3) is 0 Å². The number of halogens is 1. The largest absolute Gasteiger partial charge is 0.344 e. The van der Waals surface area contributed by atoms with Crippen LogP contribution in [0.4, 0.5) is 0 Å². The van der Waals surface area contributed by atoms with Gasteiger partial charge in [-0.3, -0.25) is 4.79 Å². The van der Waals surface area contributed by atoms with Crippen LogP contribution in [-0.4, -0.2) is 35.5 Å². The highest BCUT2D eigenvalue weighted by atomic mass is 35.5. The molecule has 1 aromatic carbocycles. The highest BCUT2D eigenvalue weighted by molar-refractivity contribution is 7.99. The Hall–Kier alpha value is -0.670. The van der Waals surface area contributed by atoms with E-state index in [-0.39, 0.29) is 17.2 Å². The van der Waals surface area contributed by atoms with Gasteiger partial charge in [0.2, 0.25) is 5.91 Å². The second-order valence-corrected chi connectivity index (χ2v) is 6.21. The lowest BCUT2D eigenvalue weighted by Crippen LogP contribution is -2.35. The van der Waals surface area contributed by atoms with Crippen LogP contribution >= 0.6 is 23.4 Å². The van der Waals surface area contributed by atoms with Crippen molar-refractivity contribution in [2.45, 2.75) is 23.1 Å². The van der Waals surface area contributed by atoms with Crippen molar-refractivity contribution < 1.29 is 4.79 Å². The van der Waals surface area contributed by atoms with E-state index in [1.54, 1.807) is 16.7 Å². The first-order valence-corrected chi connectivity index (χ1v) is 7.12. The third-order valence-electron chi connectivity index (χ3n) is 2.90. The fourth-order valence-electron chi connectivity index (χ4n) is 2.10. The Morgan fingerprint density at radius 3 is 3.00 bits per heavy atom. The van der Waals surface area contributed by atoms with Crippen LogP contribution in [0.2, 0.25) is 0 Å². The molecule has 1 aliphatic heterocycles. The number of rotatable bonds is 3. The van der Waals surface area contributed by atoms with Gasteiger partial charge in [0.05, 0.1) is 5.92 Å². The lowest BCUT2D eigenvalue weighted by atomic mass is 10.00. The Morgan fingerprint density at radius 2 is 2.29 bits per heavy atom. The molecule has 1 heterocycles. The van der Waals surface area contributed by atoms with E-state index < -0.39 is 0 Å². The Morgan fingerprint density at radius 1 is 1.59 bits per heavy atom. The summed E-state index contributed by atoms with van der Waals surface area (Å²) in [6, 6.07) is 8.14. The third kappa shape index (κ3) is 2.78. The van der Waals surface area contributed by atoms with Gasteiger partial charge in [-0.15, -0.1) is 23.4 Å². The zero-order chi connectivity index (χ0) is 12.4. The molecule has 0 aliphatic carbocycles. The number of thioether (sulfide) groups is 1. The number of carbonyl (C=O) groups is 1. The lowest BCUT2D eigenvalue weighted by Gasteiger charge is -2.22. The number of amides is 1. The molecule has 4 heteroatoms. The summed E-state index contributed by atoms with van der Waals surface area (Å²) in [4.78, 5) is 15.3. The van der Waals surface area contributed by atoms with Crippen molar-refractivity contribution in [1.29, 1.82) is 0 Å². The summed E-state index contributed by atoms with van der Waals surface area (Å²) >= 11 is 7.68. The minimum atomic E-state index is -0.00625. The molecule has 0 fully saturated rings. The molecule has 0 saturated carbocycles. The van der Waals surface area contributed by atoms with Crippen LogP contribution < -0.4 is 0 Å². The van der Waals surface area contributed by atoms with E-state index in [1.165, 1.54) is 4.90 Å². The molecular formula is C13H16ClNOS. The van der Waals surface area contributed by atoms with E-state index in [0.29, 0.717) is 6.54 Å². The maximum absolute atomic E-state index is 12.3. The van der Waals surface area contributed by atoms with Crippen LogP contribution in [0.1, 0.15) is 18.4 Å². The van der Waals surface area contributed by atoms with Crippen LogP contribution in [0.15, 0.2) is 29.2 Å². The first kappa shape index (κ1) is 12.8. The van der Waals surface area contributed by atoms with Gasteiger partial charge in [0, 0.05) is 29.6 Å². The van der Waals surface area contributed by atoms with Gasteiger partial charge >= 0.3 is 0 Å². The SMILES string of the molecule is CC(Cl)CN(C)C(=O)C1CSc2ccccc21. The Kier molecular flexibility index (Phi) is 4.00. The molecule has 0 radical (unpaired) electrons. The maximum atomic E-state index is 12.3. The smallest absolute Gasteiger partial charge is 0.230 e. The Labute approximate surface area is 111 Å². The fraction of sp³-hybridized carbons (Fsp3) is 0.462. The normalized spacial score (nSPS) is 19.8. The van der Waals surface area contributed by atoms with Crippen LogP contribution in [-0.2, 0) is 4.79 Å². The molecule has 1 aliphatic rings. The first-order valence-electron chi connectivity index (χ1n) is 5.70. The minimum absolute atomic E-state index is 0.00313. The zero-order valence-electron chi connectivity index (χ0n) is 10.0. The predicted molar refractivity (Wildman–Crippen MR) is 72.9 cm³/mol. The maximum Gasteiger partial charge on any atom is 0.230 e. The van der Waals surface area contributed by atoms with Crippen molar-refractivity contribution in [1.82, 2.24) is 4.90 Å². The van der Waals surface area contributed by atoms with E-state index in [2.05, 4.69) is 12.1 Å². The van der Waals surface area contributed by atoms with Gasteiger partial charge in [0.15, 0.2) is 0 Å². The lowest BCUT2D eigenvalue weighted by molar-refractivity contribution is -0.130. The number of hydrogen-bond donors (Lipinski definition) is 0. The highest BCUT2D eigenvalue weighted by Crippen LogP contribution is 2.40. The van der Waals surface area contributed by atoms with Crippen LogP contribution in [0.3, 0.4) is 0 Å². The van der Waals surface area contributed by atoms with Crippen molar-refractivity contribution in [3.05, 3.63) is 29.8 Å². The summed E-state index contributed by atoms with van der Waals surface area (Å²) < 4.78 is 0. The number of fused-ring (bicyclic) bond motifs is 1. The average molecular weight is 270 g/mol. The predicted octanol–water partition coefficient (Wildman–Crippen LogP) is 2.96. The molecule has 92 valence electrons. The number of benzene rings is 1. The van der Waals surface area contributed by atoms with E-state index in [4.69, 9.17) is 11.6 Å². The second kappa shape index (κ2) is 5.32. The van der Waals surface area contributed by atoms with E-state index in [1.807, 2.05) is 26.1 Å². The third-order valence-corrected chi connectivity index (χ3v) is 4.22. The molecule has 1 aromatic rings. The Bertz CT molecular complexity index is 422.